The summed E-state index contributed by atoms with van der Waals surface area (Å²) in [6, 6.07) is 5.85. The molecule has 16 heavy (non-hydrogen) atoms. The van der Waals surface area contributed by atoms with Crippen molar-refractivity contribution in [2.75, 3.05) is 0 Å². The van der Waals surface area contributed by atoms with E-state index in [9.17, 15) is 9.18 Å². The van der Waals surface area contributed by atoms with Crippen molar-refractivity contribution in [2.45, 2.75) is 20.8 Å². The highest BCUT2D eigenvalue weighted by atomic mass is 19.1. The van der Waals surface area contributed by atoms with E-state index in [0.29, 0.717) is 5.57 Å². The molecule has 0 aliphatic rings. The molecule has 86 valence electrons. The van der Waals surface area contributed by atoms with Crippen LogP contribution >= 0.6 is 0 Å². The van der Waals surface area contributed by atoms with Gasteiger partial charge in [-0.2, -0.15) is 0 Å². The van der Waals surface area contributed by atoms with Gasteiger partial charge >= 0.3 is 5.97 Å². The van der Waals surface area contributed by atoms with Crippen LogP contribution in [0.25, 0.3) is 5.57 Å². The number of carboxylic acid groups (broad SMARTS) is 1. The van der Waals surface area contributed by atoms with Crippen LogP contribution < -0.4 is 0 Å². The summed E-state index contributed by atoms with van der Waals surface area (Å²) >= 11 is 0. The summed E-state index contributed by atoms with van der Waals surface area (Å²) in [5.74, 6) is -1.32. The smallest absolute Gasteiger partial charge is 0.328 e. The molecule has 0 saturated heterocycles. The quantitative estimate of drug-likeness (QED) is 0.779. The molecule has 1 rings (SSSR count). The molecule has 0 heterocycles. The fourth-order valence-electron chi connectivity index (χ4n) is 1.49. The van der Waals surface area contributed by atoms with Crippen molar-refractivity contribution < 1.29 is 14.3 Å². The zero-order chi connectivity index (χ0) is 12.3. The van der Waals surface area contributed by atoms with E-state index in [0.717, 1.165) is 5.56 Å². The van der Waals surface area contributed by atoms with E-state index in [1.54, 1.807) is 12.1 Å². The third-order valence-electron chi connectivity index (χ3n) is 2.23. The lowest BCUT2D eigenvalue weighted by molar-refractivity contribution is -0.131. The van der Waals surface area contributed by atoms with Crippen molar-refractivity contribution in [3.05, 3.63) is 41.7 Å². The molecule has 0 saturated carbocycles. The van der Waals surface area contributed by atoms with Gasteiger partial charge in [-0.3, -0.25) is 0 Å². The van der Waals surface area contributed by atoms with Gasteiger partial charge in [0.15, 0.2) is 0 Å². The molecule has 0 bridgehead atoms. The van der Waals surface area contributed by atoms with E-state index in [4.69, 9.17) is 5.11 Å². The zero-order valence-electron chi connectivity index (χ0n) is 9.62. The Hall–Kier alpha value is -1.64. The van der Waals surface area contributed by atoms with E-state index in [1.807, 2.05) is 20.8 Å². The van der Waals surface area contributed by atoms with Crippen LogP contribution in [0, 0.1) is 11.2 Å². The minimum atomic E-state index is -0.991. The maximum Gasteiger partial charge on any atom is 0.328 e. The highest BCUT2D eigenvalue weighted by Crippen LogP contribution is 2.33. The summed E-state index contributed by atoms with van der Waals surface area (Å²) < 4.78 is 12.8. The number of benzene rings is 1. The van der Waals surface area contributed by atoms with Gasteiger partial charge in [-0.05, 0) is 28.7 Å². The molecule has 1 aromatic rings. The van der Waals surface area contributed by atoms with Crippen LogP contribution in [0.2, 0.25) is 0 Å². The number of hydrogen-bond donors (Lipinski definition) is 1. The molecule has 1 N–H and O–H groups in total. The normalized spacial score (nSPS) is 12.6. The van der Waals surface area contributed by atoms with Crippen LogP contribution in [0.3, 0.4) is 0 Å². The summed E-state index contributed by atoms with van der Waals surface area (Å²) in [5, 5.41) is 8.81. The first-order valence-electron chi connectivity index (χ1n) is 5.02. The van der Waals surface area contributed by atoms with E-state index in [-0.39, 0.29) is 11.2 Å². The van der Waals surface area contributed by atoms with Gasteiger partial charge in [-0.15, -0.1) is 0 Å². The lowest BCUT2D eigenvalue weighted by atomic mass is 9.82. The molecule has 0 radical (unpaired) electrons. The Balaban J connectivity index is 3.23. The minimum absolute atomic E-state index is 0.295. The van der Waals surface area contributed by atoms with Crippen LogP contribution in [-0.2, 0) is 4.79 Å². The standard InChI is InChI=1S/C13H15FO2/c1-13(2,3)11(8-12(15)16)9-4-6-10(14)7-5-9/h4-8H,1-3H3,(H,15,16)/b11-8-. The lowest BCUT2D eigenvalue weighted by Gasteiger charge is -2.23. The number of rotatable bonds is 2. The maximum absolute atomic E-state index is 12.8. The van der Waals surface area contributed by atoms with Crippen LogP contribution in [-0.4, -0.2) is 11.1 Å². The third kappa shape index (κ3) is 3.19. The zero-order valence-corrected chi connectivity index (χ0v) is 9.62. The number of carbonyl (C=O) groups is 1. The average molecular weight is 222 g/mol. The summed E-state index contributed by atoms with van der Waals surface area (Å²) in [6.45, 7) is 5.77. The Morgan fingerprint density at radius 2 is 1.75 bits per heavy atom. The summed E-state index contributed by atoms with van der Waals surface area (Å²) in [6.07, 6.45) is 1.17. The summed E-state index contributed by atoms with van der Waals surface area (Å²) in [7, 11) is 0. The monoisotopic (exact) mass is 222 g/mol. The Morgan fingerprint density at radius 1 is 1.25 bits per heavy atom. The highest BCUT2D eigenvalue weighted by Gasteiger charge is 2.19. The molecule has 0 aliphatic carbocycles. The van der Waals surface area contributed by atoms with Crippen molar-refractivity contribution in [3.8, 4) is 0 Å². The van der Waals surface area contributed by atoms with Crippen molar-refractivity contribution in [1.82, 2.24) is 0 Å². The lowest BCUT2D eigenvalue weighted by Crippen LogP contribution is -2.10. The fraction of sp³-hybridized carbons (Fsp3) is 0.308. The molecule has 0 spiro atoms. The van der Waals surface area contributed by atoms with Crippen LogP contribution in [0.15, 0.2) is 30.3 Å². The molecule has 0 unspecified atom stereocenters. The second-order valence-electron chi connectivity index (χ2n) is 4.65. The van der Waals surface area contributed by atoms with Crippen molar-refractivity contribution >= 4 is 11.5 Å². The van der Waals surface area contributed by atoms with Crippen molar-refractivity contribution in [2.24, 2.45) is 5.41 Å². The number of carboxylic acids is 1. The second-order valence-corrected chi connectivity index (χ2v) is 4.65. The maximum atomic E-state index is 12.8. The Labute approximate surface area is 94.4 Å². The molecule has 0 amide bonds. The molecule has 0 atom stereocenters. The largest absolute Gasteiger partial charge is 0.478 e. The van der Waals surface area contributed by atoms with Crippen LogP contribution in [0.4, 0.5) is 4.39 Å². The van der Waals surface area contributed by atoms with Gasteiger partial charge < -0.3 is 5.11 Å². The van der Waals surface area contributed by atoms with Crippen molar-refractivity contribution in [3.63, 3.8) is 0 Å². The number of allylic oxidation sites excluding steroid dienone is 1. The van der Waals surface area contributed by atoms with Gasteiger partial charge in [0.25, 0.3) is 0 Å². The molecule has 0 aromatic heterocycles. The molecule has 0 fully saturated rings. The topological polar surface area (TPSA) is 37.3 Å². The average Bonchev–Trinajstić information content (AvgIpc) is 2.14. The molecular formula is C13H15FO2. The molecule has 3 heteroatoms. The van der Waals surface area contributed by atoms with E-state index < -0.39 is 5.97 Å². The molecular weight excluding hydrogens is 207 g/mol. The van der Waals surface area contributed by atoms with Crippen molar-refractivity contribution in [1.29, 1.82) is 0 Å². The first-order valence-corrected chi connectivity index (χ1v) is 5.02. The van der Waals surface area contributed by atoms with E-state index in [2.05, 4.69) is 0 Å². The van der Waals surface area contributed by atoms with Gasteiger partial charge in [0, 0.05) is 6.08 Å². The predicted octanol–water partition coefficient (Wildman–Crippen LogP) is 3.34. The van der Waals surface area contributed by atoms with Gasteiger partial charge in [0.2, 0.25) is 0 Å². The fourth-order valence-corrected chi connectivity index (χ4v) is 1.49. The SMILES string of the molecule is CC(C)(C)/C(=C\C(=O)O)c1ccc(F)cc1. The number of halogens is 1. The van der Waals surface area contributed by atoms with Gasteiger partial charge in [-0.25, -0.2) is 9.18 Å². The first-order chi connectivity index (χ1) is 7.30. The second kappa shape index (κ2) is 4.47. The van der Waals surface area contributed by atoms with Gasteiger partial charge in [0.05, 0.1) is 0 Å². The highest BCUT2D eigenvalue weighted by molar-refractivity contribution is 5.91. The summed E-state index contributed by atoms with van der Waals surface area (Å²) in [4.78, 5) is 10.7. The third-order valence-corrected chi connectivity index (χ3v) is 2.23. The van der Waals surface area contributed by atoms with Crippen LogP contribution in [0.1, 0.15) is 26.3 Å². The first kappa shape index (κ1) is 12.4. The Bertz CT molecular complexity index is 411. The predicted molar refractivity (Wildman–Crippen MR) is 61.5 cm³/mol. The van der Waals surface area contributed by atoms with Gasteiger partial charge in [0.1, 0.15) is 5.82 Å². The molecule has 1 aromatic carbocycles. The number of hydrogen-bond acceptors (Lipinski definition) is 1. The minimum Gasteiger partial charge on any atom is -0.478 e. The molecule has 2 nitrogen and oxygen atoms in total. The summed E-state index contributed by atoms with van der Waals surface area (Å²) in [5.41, 5.74) is 1.12. The van der Waals surface area contributed by atoms with E-state index >= 15 is 0 Å². The Morgan fingerprint density at radius 3 is 2.12 bits per heavy atom. The van der Waals surface area contributed by atoms with Gasteiger partial charge in [-0.1, -0.05) is 32.9 Å². The Kier molecular flexibility index (Phi) is 3.48. The number of aliphatic carboxylic acids is 1. The van der Waals surface area contributed by atoms with Crippen LogP contribution in [0.5, 0.6) is 0 Å². The van der Waals surface area contributed by atoms with E-state index in [1.165, 1.54) is 18.2 Å². The molecule has 0 aliphatic heterocycles.